The van der Waals surface area contributed by atoms with Crippen molar-refractivity contribution in [3.63, 3.8) is 0 Å². The maximum Gasteiger partial charge on any atom is 0.236 e. The smallest absolute Gasteiger partial charge is 0.236 e. The first-order valence-corrected chi connectivity index (χ1v) is 7.87. The number of rotatable bonds is 8. The molecule has 0 aliphatic rings. The lowest BCUT2D eigenvalue weighted by atomic mass is 10.2. The van der Waals surface area contributed by atoms with E-state index in [1.54, 1.807) is 6.08 Å². The lowest BCUT2D eigenvalue weighted by Crippen LogP contribution is -2.34. The molecule has 2 rings (SSSR count). The van der Waals surface area contributed by atoms with Crippen LogP contribution in [-0.4, -0.2) is 38.9 Å². The summed E-state index contributed by atoms with van der Waals surface area (Å²) in [5, 5.41) is 11.4. The maximum absolute atomic E-state index is 11.6. The molecule has 0 saturated heterocycles. The molecule has 1 aromatic carbocycles. The monoisotopic (exact) mass is 331 g/mol. The number of primary amides is 1. The van der Waals surface area contributed by atoms with Gasteiger partial charge in [0.25, 0.3) is 0 Å². The lowest BCUT2D eigenvalue weighted by Gasteiger charge is -2.07. The molecule has 1 aromatic heterocycles. The number of nitrogens with one attached hydrogen (secondary N) is 1. The van der Waals surface area contributed by atoms with Crippen LogP contribution in [-0.2, 0) is 16.1 Å². The Morgan fingerprint density at radius 2 is 2.04 bits per heavy atom. The minimum absolute atomic E-state index is 0.122. The minimum atomic E-state index is -0.579. The van der Waals surface area contributed by atoms with Crippen molar-refractivity contribution in [2.45, 2.75) is 11.7 Å². The summed E-state index contributed by atoms with van der Waals surface area (Å²) in [6.07, 6.45) is 1.74. The number of hydrogen-bond acceptors (Lipinski definition) is 5. The number of benzene rings is 1. The fraction of sp³-hybridized carbons (Fsp3) is 0.200. The summed E-state index contributed by atoms with van der Waals surface area (Å²) in [6.45, 7) is 4.10. The van der Waals surface area contributed by atoms with E-state index in [0.29, 0.717) is 17.5 Å². The summed E-state index contributed by atoms with van der Waals surface area (Å²) >= 11 is 1.24. The van der Waals surface area contributed by atoms with E-state index >= 15 is 0 Å². The van der Waals surface area contributed by atoms with E-state index in [1.807, 2.05) is 34.9 Å². The van der Waals surface area contributed by atoms with Gasteiger partial charge in [0, 0.05) is 12.1 Å². The maximum atomic E-state index is 11.6. The first kappa shape index (κ1) is 16.8. The zero-order valence-corrected chi connectivity index (χ0v) is 13.3. The van der Waals surface area contributed by atoms with E-state index < -0.39 is 5.91 Å². The van der Waals surface area contributed by atoms with Gasteiger partial charge in [0.15, 0.2) is 11.0 Å². The van der Waals surface area contributed by atoms with Crippen LogP contribution in [0.2, 0.25) is 0 Å². The van der Waals surface area contributed by atoms with Crippen molar-refractivity contribution in [3.05, 3.63) is 43.0 Å². The van der Waals surface area contributed by atoms with Gasteiger partial charge in [0.2, 0.25) is 11.8 Å². The number of nitrogens with two attached hydrogens (primary N) is 1. The molecule has 2 aromatic rings. The molecule has 7 nitrogen and oxygen atoms in total. The van der Waals surface area contributed by atoms with Gasteiger partial charge in [-0.1, -0.05) is 48.2 Å². The molecule has 0 aliphatic carbocycles. The van der Waals surface area contributed by atoms with Crippen LogP contribution in [0, 0.1) is 0 Å². The highest BCUT2D eigenvalue weighted by molar-refractivity contribution is 7.99. The number of hydrogen-bond donors (Lipinski definition) is 2. The van der Waals surface area contributed by atoms with Gasteiger partial charge in [-0.3, -0.25) is 14.2 Å². The second-order valence-electron chi connectivity index (χ2n) is 4.60. The normalized spacial score (nSPS) is 10.3. The molecule has 3 N–H and O–H groups in total. The van der Waals surface area contributed by atoms with Gasteiger partial charge in [0.1, 0.15) is 0 Å². The SMILES string of the molecule is C=CCn1c(SCC(=O)NCC(N)=O)nnc1-c1ccccc1. The second-order valence-corrected chi connectivity index (χ2v) is 5.55. The zero-order chi connectivity index (χ0) is 16.7. The average Bonchev–Trinajstić information content (AvgIpc) is 2.95. The van der Waals surface area contributed by atoms with Crippen molar-refractivity contribution in [2.75, 3.05) is 12.3 Å². The van der Waals surface area contributed by atoms with Crippen molar-refractivity contribution in [1.29, 1.82) is 0 Å². The van der Waals surface area contributed by atoms with E-state index in [1.165, 1.54) is 11.8 Å². The molecule has 0 bridgehead atoms. The van der Waals surface area contributed by atoms with Crippen molar-refractivity contribution < 1.29 is 9.59 Å². The molecule has 0 unspecified atom stereocenters. The quantitative estimate of drug-likeness (QED) is 0.551. The van der Waals surface area contributed by atoms with Crippen LogP contribution in [0.3, 0.4) is 0 Å². The number of thioether (sulfide) groups is 1. The van der Waals surface area contributed by atoms with Gasteiger partial charge in [-0.05, 0) is 0 Å². The van der Waals surface area contributed by atoms with Gasteiger partial charge in [-0.25, -0.2) is 0 Å². The van der Waals surface area contributed by atoms with Crippen molar-refractivity contribution in [3.8, 4) is 11.4 Å². The lowest BCUT2D eigenvalue weighted by molar-refractivity contribution is -0.123. The number of carbonyl (C=O) groups is 2. The number of amides is 2. The molecule has 0 fully saturated rings. The van der Waals surface area contributed by atoms with Crippen LogP contribution < -0.4 is 11.1 Å². The Bertz CT molecular complexity index is 699. The predicted molar refractivity (Wildman–Crippen MR) is 88.6 cm³/mol. The summed E-state index contributed by atoms with van der Waals surface area (Å²) < 4.78 is 1.88. The summed E-state index contributed by atoms with van der Waals surface area (Å²) in [6, 6.07) is 9.66. The van der Waals surface area contributed by atoms with Crippen LogP contribution in [0.4, 0.5) is 0 Å². The van der Waals surface area contributed by atoms with Crippen molar-refractivity contribution in [2.24, 2.45) is 5.73 Å². The van der Waals surface area contributed by atoms with E-state index in [4.69, 9.17) is 5.73 Å². The Morgan fingerprint density at radius 3 is 2.70 bits per heavy atom. The fourth-order valence-corrected chi connectivity index (χ4v) is 2.63. The second kappa shape index (κ2) is 8.14. The molecule has 2 amide bonds. The van der Waals surface area contributed by atoms with Crippen molar-refractivity contribution in [1.82, 2.24) is 20.1 Å². The van der Waals surface area contributed by atoms with Crippen LogP contribution in [0.15, 0.2) is 48.1 Å². The van der Waals surface area contributed by atoms with Gasteiger partial charge in [-0.15, -0.1) is 16.8 Å². The molecule has 23 heavy (non-hydrogen) atoms. The largest absolute Gasteiger partial charge is 0.368 e. The molecule has 0 atom stereocenters. The third-order valence-corrected chi connectivity index (χ3v) is 3.82. The zero-order valence-electron chi connectivity index (χ0n) is 12.4. The highest BCUT2D eigenvalue weighted by Crippen LogP contribution is 2.23. The van der Waals surface area contributed by atoms with Crippen molar-refractivity contribution >= 4 is 23.6 Å². The number of carbonyl (C=O) groups excluding carboxylic acids is 2. The summed E-state index contributed by atoms with van der Waals surface area (Å²) in [7, 11) is 0. The fourth-order valence-electron chi connectivity index (χ4n) is 1.86. The van der Waals surface area contributed by atoms with Crippen LogP contribution in [0.5, 0.6) is 0 Å². The molecule has 1 heterocycles. The van der Waals surface area contributed by atoms with Crippen LogP contribution >= 0.6 is 11.8 Å². The average molecular weight is 331 g/mol. The molecule has 0 radical (unpaired) electrons. The van der Waals surface area contributed by atoms with E-state index in [9.17, 15) is 9.59 Å². The van der Waals surface area contributed by atoms with Crippen LogP contribution in [0.25, 0.3) is 11.4 Å². The highest BCUT2D eigenvalue weighted by atomic mass is 32.2. The van der Waals surface area contributed by atoms with Crippen LogP contribution in [0.1, 0.15) is 0 Å². The van der Waals surface area contributed by atoms with E-state index in [2.05, 4.69) is 22.1 Å². The molecule has 0 saturated carbocycles. The van der Waals surface area contributed by atoms with Gasteiger partial charge < -0.3 is 11.1 Å². The number of aromatic nitrogens is 3. The Kier molecular flexibility index (Phi) is 5.93. The first-order chi connectivity index (χ1) is 11.1. The molecule has 8 heteroatoms. The summed E-state index contributed by atoms with van der Waals surface area (Å²) in [5.41, 5.74) is 5.92. The summed E-state index contributed by atoms with van der Waals surface area (Å²) in [5.74, 6) is -0.0320. The Morgan fingerprint density at radius 1 is 1.30 bits per heavy atom. The predicted octanol–water partition coefficient (Wildman–Crippen LogP) is 0.825. The Hall–Kier alpha value is -2.61. The molecular weight excluding hydrogens is 314 g/mol. The summed E-state index contributed by atoms with van der Waals surface area (Å²) in [4.78, 5) is 22.3. The van der Waals surface area contributed by atoms with Gasteiger partial charge in [-0.2, -0.15) is 0 Å². The topological polar surface area (TPSA) is 103 Å². The van der Waals surface area contributed by atoms with E-state index in [-0.39, 0.29) is 18.2 Å². The third kappa shape index (κ3) is 4.68. The van der Waals surface area contributed by atoms with E-state index in [0.717, 1.165) is 5.56 Å². The number of nitrogens with zero attached hydrogens (tertiary/aromatic N) is 3. The number of allylic oxidation sites excluding steroid dienone is 1. The highest BCUT2D eigenvalue weighted by Gasteiger charge is 2.14. The standard InChI is InChI=1S/C15H17N5O2S/c1-2-8-20-14(11-6-4-3-5-7-11)18-19-15(20)23-10-13(22)17-9-12(16)21/h2-7H,1,8-10H2,(H2,16,21)(H,17,22). The molecular formula is C15H17N5O2S. The Balaban J connectivity index is 2.10. The first-order valence-electron chi connectivity index (χ1n) is 6.89. The molecule has 0 aliphatic heterocycles. The molecule has 0 spiro atoms. The van der Waals surface area contributed by atoms with Gasteiger partial charge in [0.05, 0.1) is 12.3 Å². The Labute approximate surface area is 138 Å². The molecule has 120 valence electrons. The minimum Gasteiger partial charge on any atom is -0.368 e. The van der Waals surface area contributed by atoms with Gasteiger partial charge >= 0.3 is 0 Å². The third-order valence-electron chi connectivity index (χ3n) is 2.85.